The fourth-order valence-electron chi connectivity index (χ4n) is 1.52. The minimum Gasteiger partial charge on any atom is -0.396 e. The first kappa shape index (κ1) is 8.02. The number of aliphatic hydroxyl groups excluding tert-OH is 1. The molecule has 2 nitrogen and oxygen atoms in total. The maximum atomic E-state index is 8.84. The summed E-state index contributed by atoms with van der Waals surface area (Å²) in [6.45, 7) is 6.19. The summed E-state index contributed by atoms with van der Waals surface area (Å²) in [6.07, 6.45) is 1.09. The van der Waals surface area contributed by atoms with E-state index in [9.17, 15) is 0 Å². The minimum atomic E-state index is 0.267. The van der Waals surface area contributed by atoms with Crippen molar-refractivity contribution in [3.63, 3.8) is 0 Å². The molecule has 10 heavy (non-hydrogen) atoms. The molecule has 1 heterocycles. The Morgan fingerprint density at radius 3 is 2.70 bits per heavy atom. The van der Waals surface area contributed by atoms with Crippen LogP contribution in [0.25, 0.3) is 0 Å². The van der Waals surface area contributed by atoms with E-state index in [2.05, 4.69) is 13.8 Å². The van der Waals surface area contributed by atoms with E-state index >= 15 is 0 Å². The van der Waals surface area contributed by atoms with Gasteiger partial charge in [0.2, 0.25) is 0 Å². The highest BCUT2D eigenvalue weighted by molar-refractivity contribution is 4.76. The summed E-state index contributed by atoms with van der Waals surface area (Å²) >= 11 is 0. The van der Waals surface area contributed by atoms with Crippen molar-refractivity contribution in [1.29, 1.82) is 0 Å². The summed E-state index contributed by atoms with van der Waals surface area (Å²) < 4.78 is 5.33. The molecule has 1 N–H and O–H groups in total. The van der Waals surface area contributed by atoms with Crippen molar-refractivity contribution in [2.45, 2.75) is 20.3 Å². The fourth-order valence-corrected chi connectivity index (χ4v) is 1.52. The molecule has 1 saturated heterocycles. The topological polar surface area (TPSA) is 29.5 Å². The van der Waals surface area contributed by atoms with Crippen LogP contribution in [-0.4, -0.2) is 24.9 Å². The molecule has 0 radical (unpaired) electrons. The maximum absolute atomic E-state index is 8.84. The zero-order valence-electron chi connectivity index (χ0n) is 6.76. The number of rotatable bonds is 1. The van der Waals surface area contributed by atoms with Gasteiger partial charge in [-0.2, -0.15) is 0 Å². The molecule has 0 aromatic heterocycles. The van der Waals surface area contributed by atoms with Crippen LogP contribution in [0.2, 0.25) is 0 Å². The van der Waals surface area contributed by atoms with Gasteiger partial charge in [-0.05, 0) is 11.8 Å². The normalized spacial score (nSPS) is 32.1. The van der Waals surface area contributed by atoms with E-state index in [1.54, 1.807) is 0 Å². The first-order valence-corrected chi connectivity index (χ1v) is 3.83. The zero-order valence-corrected chi connectivity index (χ0v) is 6.76. The van der Waals surface area contributed by atoms with Crippen LogP contribution in [-0.2, 0) is 4.74 Å². The second kappa shape index (κ2) is 2.89. The van der Waals surface area contributed by atoms with Crippen molar-refractivity contribution >= 4 is 0 Å². The first-order valence-electron chi connectivity index (χ1n) is 3.83. The van der Waals surface area contributed by atoms with E-state index in [0.717, 1.165) is 19.6 Å². The molecule has 2 heteroatoms. The molecular weight excluding hydrogens is 128 g/mol. The molecule has 0 amide bonds. The van der Waals surface area contributed by atoms with Gasteiger partial charge in [0.05, 0.1) is 13.2 Å². The van der Waals surface area contributed by atoms with Gasteiger partial charge < -0.3 is 9.84 Å². The van der Waals surface area contributed by atoms with E-state index < -0.39 is 0 Å². The highest BCUT2D eigenvalue weighted by atomic mass is 16.5. The summed E-state index contributed by atoms with van der Waals surface area (Å²) in [5.74, 6) is 0.365. The zero-order chi connectivity index (χ0) is 7.61. The third-order valence-electron chi connectivity index (χ3n) is 1.95. The third-order valence-corrected chi connectivity index (χ3v) is 1.95. The van der Waals surface area contributed by atoms with Crippen LogP contribution < -0.4 is 0 Å². The Hall–Kier alpha value is -0.0800. The van der Waals surface area contributed by atoms with Gasteiger partial charge in [0.1, 0.15) is 0 Å². The molecule has 0 spiro atoms. The van der Waals surface area contributed by atoms with E-state index in [0.29, 0.717) is 5.92 Å². The summed E-state index contributed by atoms with van der Waals surface area (Å²) in [5, 5.41) is 8.84. The van der Waals surface area contributed by atoms with Crippen LogP contribution >= 0.6 is 0 Å². The summed E-state index contributed by atoms with van der Waals surface area (Å²) in [6, 6.07) is 0. The van der Waals surface area contributed by atoms with Gasteiger partial charge in [-0.3, -0.25) is 0 Å². The second-order valence-corrected chi connectivity index (χ2v) is 3.93. The van der Waals surface area contributed by atoms with Gasteiger partial charge >= 0.3 is 0 Å². The van der Waals surface area contributed by atoms with E-state index in [1.807, 2.05) is 0 Å². The van der Waals surface area contributed by atoms with Gasteiger partial charge in [0.25, 0.3) is 0 Å². The minimum absolute atomic E-state index is 0.267. The van der Waals surface area contributed by atoms with Crippen molar-refractivity contribution in [1.82, 2.24) is 0 Å². The van der Waals surface area contributed by atoms with Crippen molar-refractivity contribution in [2.24, 2.45) is 11.3 Å². The number of ether oxygens (including phenoxy) is 1. The van der Waals surface area contributed by atoms with Gasteiger partial charge in [-0.25, -0.2) is 0 Å². The lowest BCUT2D eigenvalue weighted by atomic mass is 9.82. The molecule has 0 aromatic rings. The van der Waals surface area contributed by atoms with Gasteiger partial charge in [0.15, 0.2) is 0 Å². The lowest BCUT2D eigenvalue weighted by Gasteiger charge is -2.34. The molecule has 0 aromatic carbocycles. The van der Waals surface area contributed by atoms with Gasteiger partial charge in [-0.1, -0.05) is 13.8 Å². The van der Waals surface area contributed by atoms with Crippen LogP contribution in [0.3, 0.4) is 0 Å². The van der Waals surface area contributed by atoms with Crippen LogP contribution in [0.5, 0.6) is 0 Å². The predicted octanol–water partition coefficient (Wildman–Crippen LogP) is 1.04. The Bertz CT molecular complexity index is 110. The maximum Gasteiger partial charge on any atom is 0.0517 e. The van der Waals surface area contributed by atoms with Gasteiger partial charge in [0, 0.05) is 12.5 Å². The molecule has 1 rings (SSSR count). The molecule has 0 aliphatic carbocycles. The Morgan fingerprint density at radius 1 is 1.60 bits per heavy atom. The largest absolute Gasteiger partial charge is 0.396 e. The summed E-state index contributed by atoms with van der Waals surface area (Å²) in [4.78, 5) is 0. The smallest absolute Gasteiger partial charge is 0.0517 e. The quantitative estimate of drug-likeness (QED) is 0.596. The Morgan fingerprint density at radius 2 is 2.30 bits per heavy atom. The molecule has 0 bridgehead atoms. The molecule has 0 saturated carbocycles. The van der Waals surface area contributed by atoms with Crippen LogP contribution in [0, 0.1) is 11.3 Å². The Balaban J connectivity index is 2.40. The van der Waals surface area contributed by atoms with Crippen molar-refractivity contribution in [3.05, 3.63) is 0 Å². The van der Waals surface area contributed by atoms with E-state index in [1.165, 1.54) is 0 Å². The van der Waals surface area contributed by atoms with Gasteiger partial charge in [-0.15, -0.1) is 0 Å². The highest BCUT2D eigenvalue weighted by Crippen LogP contribution is 2.29. The summed E-state index contributed by atoms with van der Waals surface area (Å²) in [7, 11) is 0. The average molecular weight is 144 g/mol. The fraction of sp³-hybridized carbons (Fsp3) is 1.00. The second-order valence-electron chi connectivity index (χ2n) is 3.93. The highest BCUT2D eigenvalue weighted by Gasteiger charge is 2.27. The number of hydrogen-bond donors (Lipinski definition) is 1. The Kier molecular flexibility index (Phi) is 2.32. The SMILES string of the molecule is CC1(C)COCC(CO)C1. The van der Waals surface area contributed by atoms with Crippen LogP contribution in [0.15, 0.2) is 0 Å². The van der Waals surface area contributed by atoms with Crippen molar-refractivity contribution in [2.75, 3.05) is 19.8 Å². The Labute approximate surface area is 62.2 Å². The summed E-state index contributed by atoms with van der Waals surface area (Å²) in [5.41, 5.74) is 0.269. The molecule has 1 aliphatic heterocycles. The monoisotopic (exact) mass is 144 g/mol. The molecular formula is C8H16O2. The lowest BCUT2D eigenvalue weighted by molar-refractivity contribution is -0.0396. The van der Waals surface area contributed by atoms with E-state index in [4.69, 9.17) is 9.84 Å². The predicted molar refractivity (Wildman–Crippen MR) is 39.8 cm³/mol. The van der Waals surface area contributed by atoms with E-state index in [-0.39, 0.29) is 12.0 Å². The molecule has 60 valence electrons. The van der Waals surface area contributed by atoms with Crippen LogP contribution in [0.4, 0.5) is 0 Å². The first-order chi connectivity index (χ1) is 4.64. The van der Waals surface area contributed by atoms with Crippen molar-refractivity contribution in [3.8, 4) is 0 Å². The number of hydrogen-bond acceptors (Lipinski definition) is 2. The lowest BCUT2D eigenvalue weighted by Crippen LogP contribution is -2.33. The molecule has 1 atom stereocenters. The molecule has 1 fully saturated rings. The third kappa shape index (κ3) is 1.96. The molecule has 1 aliphatic rings. The number of aliphatic hydroxyl groups is 1. The molecule has 1 unspecified atom stereocenters. The average Bonchev–Trinajstić information content (AvgIpc) is 1.86. The standard InChI is InChI=1S/C8H16O2/c1-8(2)3-7(4-9)5-10-6-8/h7,9H,3-6H2,1-2H3. The van der Waals surface area contributed by atoms with Crippen LogP contribution in [0.1, 0.15) is 20.3 Å². The van der Waals surface area contributed by atoms with Crippen molar-refractivity contribution < 1.29 is 9.84 Å².